The Kier molecular flexibility index (Phi) is 7.14. The predicted octanol–water partition coefficient (Wildman–Crippen LogP) is 6.34. The highest BCUT2D eigenvalue weighted by molar-refractivity contribution is 7.87. The van der Waals surface area contributed by atoms with Crippen LogP contribution in [0.5, 0.6) is 0 Å². The van der Waals surface area contributed by atoms with Gasteiger partial charge < -0.3 is 10.1 Å². The van der Waals surface area contributed by atoms with Crippen molar-refractivity contribution in [2.45, 2.75) is 99.0 Å². The molecule has 0 saturated heterocycles. The number of carbonyl (C=O) groups excluding carboxylic acids is 3. The van der Waals surface area contributed by atoms with Crippen molar-refractivity contribution in [3.8, 4) is 6.19 Å². The van der Waals surface area contributed by atoms with Crippen LogP contribution in [0.3, 0.4) is 0 Å². The minimum Gasteiger partial charge on any atom is -0.350 e. The SMILES string of the molecule is [C-]#[N+]C1=C[C@]2(C)C3=CC(=O)[C@@H]4[C@@H]5CC(C)(C)CC[C@]5(NC(=O)CS(C)=NC#N)CC[C@@]4(C)[C@]3(C)CC[C@H]2C(C)(C)C1=O. The van der Waals surface area contributed by atoms with Gasteiger partial charge in [-0.15, -0.1) is 0 Å². The zero-order valence-electron chi connectivity index (χ0n) is 26.5. The number of hydrogen-bond acceptors (Lipinski definition) is 5. The van der Waals surface area contributed by atoms with Crippen LogP contribution in [0.15, 0.2) is 27.8 Å². The Morgan fingerprint density at radius 1 is 1.12 bits per heavy atom. The number of ketones is 2. The van der Waals surface area contributed by atoms with E-state index in [-0.39, 0.29) is 62.9 Å². The number of carbonyl (C=O) groups is 3. The molecule has 8 heteroatoms. The topological polar surface area (TPSA) is 104 Å². The molecule has 0 aromatic rings. The van der Waals surface area contributed by atoms with Crippen LogP contribution in [-0.2, 0) is 25.1 Å². The Labute approximate surface area is 253 Å². The molecular formula is C34H46N4O3S. The van der Waals surface area contributed by atoms with Gasteiger partial charge in [0.1, 0.15) is 0 Å². The molecule has 3 saturated carbocycles. The van der Waals surface area contributed by atoms with Crippen LogP contribution in [0.1, 0.15) is 93.4 Å². The summed E-state index contributed by atoms with van der Waals surface area (Å²) in [5.41, 5.74) is -0.947. The van der Waals surface area contributed by atoms with Crippen molar-refractivity contribution in [2.75, 3.05) is 12.0 Å². The van der Waals surface area contributed by atoms with Gasteiger partial charge >= 0.3 is 0 Å². The molecule has 5 rings (SSSR count). The van der Waals surface area contributed by atoms with E-state index in [1.54, 1.807) is 0 Å². The molecule has 0 aliphatic heterocycles. The number of allylic oxidation sites excluding steroid dienone is 4. The number of rotatable bonds is 3. The molecule has 0 bridgehead atoms. The summed E-state index contributed by atoms with van der Waals surface area (Å²) >= 11 is 0. The smallest absolute Gasteiger partial charge is 0.231 e. The van der Waals surface area contributed by atoms with Crippen molar-refractivity contribution in [3.05, 3.63) is 34.8 Å². The zero-order valence-corrected chi connectivity index (χ0v) is 27.3. The van der Waals surface area contributed by atoms with E-state index < -0.39 is 27.1 Å². The quantitative estimate of drug-likeness (QED) is 0.306. The fourth-order valence-corrected chi connectivity index (χ4v) is 11.1. The second-order valence-corrected chi connectivity index (χ2v) is 17.5. The zero-order chi connectivity index (χ0) is 31.1. The van der Waals surface area contributed by atoms with Crippen LogP contribution >= 0.6 is 0 Å². The molecule has 5 aliphatic carbocycles. The highest BCUT2D eigenvalue weighted by atomic mass is 32.2. The lowest BCUT2D eigenvalue weighted by atomic mass is 9.35. The van der Waals surface area contributed by atoms with E-state index in [4.69, 9.17) is 11.8 Å². The van der Waals surface area contributed by atoms with Gasteiger partial charge in [0.25, 0.3) is 0 Å². The number of Topliss-reactive ketones (excluding diaryl/α,β-unsaturated/α-hetero) is 1. The lowest BCUT2D eigenvalue weighted by Gasteiger charge is -2.69. The molecule has 0 heterocycles. The summed E-state index contributed by atoms with van der Waals surface area (Å²) < 4.78 is 3.86. The van der Waals surface area contributed by atoms with E-state index in [1.807, 2.05) is 38.4 Å². The lowest BCUT2D eigenvalue weighted by Crippen LogP contribution is -2.70. The first-order valence-electron chi connectivity index (χ1n) is 15.4. The van der Waals surface area contributed by atoms with Crippen molar-refractivity contribution in [2.24, 2.45) is 49.2 Å². The Morgan fingerprint density at radius 3 is 2.43 bits per heavy atom. The van der Waals surface area contributed by atoms with Gasteiger partial charge in [-0.25, -0.2) is 4.85 Å². The third-order valence-electron chi connectivity index (χ3n) is 12.8. The first kappa shape index (κ1) is 30.9. The fourth-order valence-electron chi connectivity index (χ4n) is 10.4. The summed E-state index contributed by atoms with van der Waals surface area (Å²) in [6.45, 7) is 23.1. The van der Waals surface area contributed by atoms with Gasteiger partial charge in [-0.2, -0.15) is 9.62 Å². The molecule has 1 amide bonds. The number of amides is 1. The Morgan fingerprint density at radius 2 is 1.79 bits per heavy atom. The van der Waals surface area contributed by atoms with Crippen molar-refractivity contribution < 1.29 is 14.4 Å². The summed E-state index contributed by atoms with van der Waals surface area (Å²) in [4.78, 5) is 44.9. The molecular weight excluding hydrogens is 544 g/mol. The van der Waals surface area contributed by atoms with E-state index in [0.717, 1.165) is 50.5 Å². The van der Waals surface area contributed by atoms with E-state index in [0.29, 0.717) is 0 Å². The van der Waals surface area contributed by atoms with Gasteiger partial charge in [-0.3, -0.25) is 9.59 Å². The predicted molar refractivity (Wildman–Crippen MR) is 165 cm³/mol. The first-order chi connectivity index (χ1) is 19.4. The standard InChI is InChI=1S/C34H46N4O3S/c1-29(2)12-14-34(38-26(40)19-42(9)37-20-35)15-13-33(7)27(21(34)17-29)23(39)16-25-31(5)18-22(36-8)28(41)30(3,4)24(31)10-11-32(25,33)6/h16,18,21,24,27H,10-15,17,19H2,1-7,9H3,(H,38,40)/t21-,24-,27-,31-,32+,33+,34-,42?/m0/s1. The molecule has 0 radical (unpaired) electrons. The highest BCUT2D eigenvalue weighted by Gasteiger charge is 2.69. The molecule has 0 aromatic carbocycles. The van der Waals surface area contributed by atoms with E-state index in [9.17, 15) is 14.4 Å². The van der Waals surface area contributed by atoms with Crippen LogP contribution < -0.4 is 5.32 Å². The highest BCUT2D eigenvalue weighted by Crippen LogP contribution is 2.73. The summed E-state index contributed by atoms with van der Waals surface area (Å²) in [6, 6.07) is 0. The van der Waals surface area contributed by atoms with Crippen molar-refractivity contribution in [1.82, 2.24) is 5.32 Å². The monoisotopic (exact) mass is 590 g/mol. The maximum absolute atomic E-state index is 14.6. The average Bonchev–Trinajstić information content (AvgIpc) is 2.88. The lowest BCUT2D eigenvalue weighted by molar-refractivity contribution is -0.163. The van der Waals surface area contributed by atoms with Crippen LogP contribution in [0, 0.1) is 62.9 Å². The maximum Gasteiger partial charge on any atom is 0.231 e. The molecule has 7 nitrogen and oxygen atoms in total. The normalized spacial score (nSPS) is 42.3. The van der Waals surface area contributed by atoms with Gasteiger partial charge in [0.2, 0.25) is 17.8 Å². The number of nitriles is 1. The number of fused-ring (bicyclic) bond motifs is 7. The molecule has 3 fully saturated rings. The molecule has 0 spiro atoms. The van der Waals surface area contributed by atoms with Gasteiger partial charge in [0.15, 0.2) is 11.6 Å². The van der Waals surface area contributed by atoms with Crippen LogP contribution in [0.2, 0.25) is 0 Å². The summed E-state index contributed by atoms with van der Waals surface area (Å²) in [5, 5.41) is 12.4. The number of hydrogen-bond donors (Lipinski definition) is 1. The van der Waals surface area contributed by atoms with E-state index in [2.05, 4.69) is 49.1 Å². The molecule has 1 N–H and O–H groups in total. The average molecular weight is 591 g/mol. The van der Waals surface area contributed by atoms with Gasteiger partial charge in [0.05, 0.1) is 12.3 Å². The Hall–Kier alpha value is -2.58. The van der Waals surface area contributed by atoms with Gasteiger partial charge in [0, 0.05) is 22.3 Å². The van der Waals surface area contributed by atoms with Gasteiger partial charge in [-0.05, 0) is 85.4 Å². The first-order valence-corrected chi connectivity index (χ1v) is 17.1. The summed E-state index contributed by atoms with van der Waals surface area (Å²) in [6.07, 6.45) is 13.5. The molecule has 0 aromatic heterocycles. The Balaban J connectivity index is 1.62. The Bertz CT molecular complexity index is 1440. The largest absolute Gasteiger partial charge is 0.350 e. The van der Waals surface area contributed by atoms with Gasteiger partial charge in [-0.1, -0.05) is 70.8 Å². The second-order valence-electron chi connectivity index (χ2n) is 15.9. The minimum absolute atomic E-state index is 0.00173. The third-order valence-corrected chi connectivity index (χ3v) is 13.8. The van der Waals surface area contributed by atoms with Crippen molar-refractivity contribution in [3.63, 3.8) is 0 Å². The van der Waals surface area contributed by atoms with E-state index in [1.165, 1.54) is 0 Å². The number of nitrogens with one attached hydrogen (secondary N) is 1. The number of nitrogens with zero attached hydrogens (tertiary/aromatic N) is 3. The fraction of sp³-hybridized carbons (Fsp3) is 0.735. The molecule has 42 heavy (non-hydrogen) atoms. The maximum atomic E-state index is 14.6. The minimum atomic E-state index is -0.679. The summed E-state index contributed by atoms with van der Waals surface area (Å²) in [5.74, 6) is -0.0588. The van der Waals surface area contributed by atoms with Crippen molar-refractivity contribution in [1.29, 1.82) is 5.26 Å². The summed E-state index contributed by atoms with van der Waals surface area (Å²) in [7, 11) is -0.667. The third kappa shape index (κ3) is 4.22. The van der Waals surface area contributed by atoms with Crippen molar-refractivity contribution >= 4 is 28.2 Å². The molecule has 5 aliphatic rings. The second kappa shape index (κ2) is 9.71. The van der Waals surface area contributed by atoms with Crippen LogP contribution in [0.4, 0.5) is 0 Å². The van der Waals surface area contributed by atoms with E-state index >= 15 is 0 Å². The van der Waals surface area contributed by atoms with Crippen LogP contribution in [0.25, 0.3) is 4.85 Å². The molecule has 1 unspecified atom stereocenters. The molecule has 226 valence electrons. The van der Waals surface area contributed by atoms with Crippen LogP contribution in [-0.4, -0.2) is 35.0 Å². The molecule has 8 atom stereocenters.